The van der Waals surface area contributed by atoms with E-state index in [9.17, 15) is 14.4 Å². The molecule has 0 saturated heterocycles. The van der Waals surface area contributed by atoms with E-state index in [0.29, 0.717) is 19.4 Å². The van der Waals surface area contributed by atoms with Crippen LogP contribution in [0.15, 0.2) is 0 Å². The van der Waals surface area contributed by atoms with E-state index in [-0.39, 0.29) is 11.9 Å². The summed E-state index contributed by atoms with van der Waals surface area (Å²) < 4.78 is 0. The van der Waals surface area contributed by atoms with E-state index in [1.54, 1.807) is 14.0 Å². The van der Waals surface area contributed by atoms with Crippen LogP contribution >= 0.6 is 0 Å². The van der Waals surface area contributed by atoms with E-state index in [2.05, 4.69) is 10.6 Å². The molecule has 0 aromatic heterocycles. The van der Waals surface area contributed by atoms with E-state index in [0.717, 1.165) is 6.42 Å². The van der Waals surface area contributed by atoms with Gasteiger partial charge in [0.15, 0.2) is 0 Å². The molecule has 3 N–H and O–H groups in total. The molecular weight excluding hydrogens is 262 g/mol. The molecule has 114 valence electrons. The molecule has 1 aliphatic carbocycles. The van der Waals surface area contributed by atoms with Crippen LogP contribution in [0.4, 0.5) is 4.79 Å². The van der Waals surface area contributed by atoms with Gasteiger partial charge in [0.05, 0.1) is 5.92 Å². The number of nitrogens with zero attached hydrogens (tertiary/aromatic N) is 1. The molecule has 3 unspecified atom stereocenters. The van der Waals surface area contributed by atoms with Crippen LogP contribution in [-0.2, 0) is 9.59 Å². The first-order chi connectivity index (χ1) is 9.36. The van der Waals surface area contributed by atoms with Crippen molar-refractivity contribution in [3.05, 3.63) is 0 Å². The van der Waals surface area contributed by atoms with Crippen molar-refractivity contribution in [2.24, 2.45) is 5.92 Å². The number of carbonyl (C=O) groups excluding carboxylic acids is 2. The van der Waals surface area contributed by atoms with Gasteiger partial charge in [0, 0.05) is 19.6 Å². The number of aliphatic carboxylic acids is 1. The molecule has 0 spiro atoms. The molecule has 1 saturated carbocycles. The summed E-state index contributed by atoms with van der Waals surface area (Å²) in [7, 11) is 1.66. The number of hydrogen-bond donors (Lipinski definition) is 3. The van der Waals surface area contributed by atoms with Crippen LogP contribution in [0.1, 0.15) is 33.1 Å². The number of rotatable bonds is 5. The fourth-order valence-electron chi connectivity index (χ4n) is 2.38. The second-order valence-electron chi connectivity index (χ2n) is 5.17. The minimum absolute atomic E-state index is 0.177. The highest BCUT2D eigenvalue weighted by atomic mass is 16.4. The molecule has 0 radical (unpaired) electrons. The van der Waals surface area contributed by atoms with Crippen LogP contribution in [0.25, 0.3) is 0 Å². The van der Waals surface area contributed by atoms with E-state index < -0.39 is 24.0 Å². The van der Waals surface area contributed by atoms with Gasteiger partial charge >= 0.3 is 12.0 Å². The summed E-state index contributed by atoms with van der Waals surface area (Å²) in [6.07, 6.45) is 2.02. The Morgan fingerprint density at radius 3 is 2.55 bits per heavy atom. The van der Waals surface area contributed by atoms with Crippen molar-refractivity contribution in [2.75, 3.05) is 13.6 Å². The number of amides is 3. The lowest BCUT2D eigenvalue weighted by molar-refractivity contribution is -0.142. The van der Waals surface area contributed by atoms with Crippen molar-refractivity contribution in [3.63, 3.8) is 0 Å². The molecule has 20 heavy (non-hydrogen) atoms. The minimum Gasteiger partial charge on any atom is -0.481 e. The van der Waals surface area contributed by atoms with Crippen LogP contribution in [0.3, 0.4) is 0 Å². The second-order valence-corrected chi connectivity index (χ2v) is 5.17. The maximum atomic E-state index is 11.8. The monoisotopic (exact) mass is 285 g/mol. The first-order valence-corrected chi connectivity index (χ1v) is 6.91. The molecular formula is C13H23N3O4. The molecule has 3 atom stereocenters. The normalized spacial score (nSPS) is 22.9. The van der Waals surface area contributed by atoms with Gasteiger partial charge in [-0.2, -0.15) is 0 Å². The average Bonchev–Trinajstić information content (AvgIpc) is 2.84. The topological polar surface area (TPSA) is 98.7 Å². The maximum Gasteiger partial charge on any atom is 0.315 e. The van der Waals surface area contributed by atoms with Gasteiger partial charge in [-0.05, 0) is 26.7 Å². The molecule has 0 aromatic carbocycles. The van der Waals surface area contributed by atoms with Crippen molar-refractivity contribution in [2.45, 2.75) is 45.2 Å². The first kappa shape index (κ1) is 16.3. The van der Waals surface area contributed by atoms with Gasteiger partial charge in [-0.3, -0.25) is 9.59 Å². The lowest BCUT2D eigenvalue weighted by atomic mass is 10.0. The predicted octanol–water partition coefficient (Wildman–Crippen LogP) is 0.406. The van der Waals surface area contributed by atoms with Gasteiger partial charge in [-0.15, -0.1) is 0 Å². The number of carbonyl (C=O) groups is 3. The van der Waals surface area contributed by atoms with Crippen molar-refractivity contribution < 1.29 is 19.5 Å². The van der Waals surface area contributed by atoms with Gasteiger partial charge in [0.1, 0.15) is 6.04 Å². The van der Waals surface area contributed by atoms with Crippen molar-refractivity contribution in [3.8, 4) is 0 Å². The van der Waals surface area contributed by atoms with Gasteiger partial charge in [-0.25, -0.2) is 4.79 Å². The van der Waals surface area contributed by atoms with Crippen molar-refractivity contribution in [1.82, 2.24) is 15.5 Å². The zero-order valence-electron chi connectivity index (χ0n) is 12.2. The molecule has 7 nitrogen and oxygen atoms in total. The Morgan fingerprint density at radius 2 is 2.00 bits per heavy atom. The fraction of sp³-hybridized carbons (Fsp3) is 0.769. The fourth-order valence-corrected chi connectivity index (χ4v) is 2.38. The molecule has 0 aliphatic heterocycles. The Kier molecular flexibility index (Phi) is 5.79. The molecule has 7 heteroatoms. The van der Waals surface area contributed by atoms with Crippen LogP contribution in [-0.4, -0.2) is 53.6 Å². The van der Waals surface area contributed by atoms with E-state index in [4.69, 9.17) is 5.11 Å². The van der Waals surface area contributed by atoms with Gasteiger partial charge in [0.25, 0.3) is 0 Å². The highest BCUT2D eigenvalue weighted by Gasteiger charge is 2.34. The Bertz CT molecular complexity index is 386. The van der Waals surface area contributed by atoms with Crippen LogP contribution in [0.5, 0.6) is 0 Å². The lowest BCUT2D eigenvalue weighted by Crippen LogP contribution is -2.52. The van der Waals surface area contributed by atoms with Crippen LogP contribution < -0.4 is 10.6 Å². The van der Waals surface area contributed by atoms with Crippen LogP contribution in [0, 0.1) is 5.92 Å². The molecule has 1 rings (SSSR count). The largest absolute Gasteiger partial charge is 0.481 e. The van der Waals surface area contributed by atoms with Gasteiger partial charge in [-0.1, -0.05) is 6.42 Å². The number of hydrogen-bond acceptors (Lipinski definition) is 3. The van der Waals surface area contributed by atoms with Crippen LogP contribution in [0.2, 0.25) is 0 Å². The quantitative estimate of drug-likeness (QED) is 0.681. The minimum atomic E-state index is -0.886. The zero-order valence-corrected chi connectivity index (χ0v) is 12.2. The summed E-state index contributed by atoms with van der Waals surface area (Å²) in [6, 6.07) is -1.49. The highest BCUT2D eigenvalue weighted by Crippen LogP contribution is 2.25. The number of carboxylic acid groups (broad SMARTS) is 1. The molecule has 0 heterocycles. The lowest BCUT2D eigenvalue weighted by Gasteiger charge is -2.23. The summed E-state index contributed by atoms with van der Waals surface area (Å²) in [5, 5.41) is 14.2. The smallest absolute Gasteiger partial charge is 0.315 e. The SMILES string of the molecule is CCN(C)C(=O)C(C)NC(=O)NC1CCCC1C(=O)O. The Labute approximate surface area is 118 Å². The highest BCUT2D eigenvalue weighted by molar-refractivity contribution is 5.86. The molecule has 1 fully saturated rings. The Balaban J connectivity index is 2.47. The molecule has 0 aromatic rings. The number of carboxylic acids is 1. The first-order valence-electron chi connectivity index (χ1n) is 6.91. The van der Waals surface area contributed by atoms with E-state index in [1.165, 1.54) is 4.90 Å². The third-order valence-electron chi connectivity index (χ3n) is 3.72. The van der Waals surface area contributed by atoms with Crippen molar-refractivity contribution in [1.29, 1.82) is 0 Å². The summed E-state index contributed by atoms with van der Waals surface area (Å²) in [6.45, 7) is 4.02. The average molecular weight is 285 g/mol. The summed E-state index contributed by atoms with van der Waals surface area (Å²) >= 11 is 0. The number of nitrogens with one attached hydrogen (secondary N) is 2. The van der Waals surface area contributed by atoms with E-state index in [1.807, 2.05) is 6.92 Å². The summed E-state index contributed by atoms with van der Waals surface area (Å²) in [4.78, 5) is 36.1. The number of likely N-dealkylation sites (N-methyl/N-ethyl adjacent to an activating group) is 1. The Hall–Kier alpha value is -1.79. The second kappa shape index (κ2) is 7.12. The van der Waals surface area contributed by atoms with Gasteiger partial charge < -0.3 is 20.6 Å². The third-order valence-corrected chi connectivity index (χ3v) is 3.72. The van der Waals surface area contributed by atoms with E-state index >= 15 is 0 Å². The predicted molar refractivity (Wildman–Crippen MR) is 73.2 cm³/mol. The molecule has 3 amide bonds. The Morgan fingerprint density at radius 1 is 1.35 bits per heavy atom. The summed E-state index contributed by atoms with van der Waals surface area (Å²) in [5.74, 6) is -1.60. The van der Waals surface area contributed by atoms with Crippen molar-refractivity contribution >= 4 is 17.9 Å². The third kappa shape index (κ3) is 4.11. The van der Waals surface area contributed by atoms with Gasteiger partial charge in [0.2, 0.25) is 5.91 Å². The standard InChI is InChI=1S/C13H23N3O4/c1-4-16(3)11(17)8(2)14-13(20)15-10-7-5-6-9(10)12(18)19/h8-10H,4-7H2,1-3H3,(H,18,19)(H2,14,15,20). The zero-order chi connectivity index (χ0) is 15.3. The number of urea groups is 1. The molecule has 0 bridgehead atoms. The molecule has 1 aliphatic rings. The summed E-state index contributed by atoms with van der Waals surface area (Å²) in [5.41, 5.74) is 0. The maximum absolute atomic E-state index is 11.8.